The number of fused-ring (bicyclic) bond motifs is 1. The first-order valence-electron chi connectivity index (χ1n) is 7.17. The molecule has 1 aliphatic rings. The van der Waals surface area contributed by atoms with Crippen LogP contribution in [0.2, 0.25) is 0 Å². The number of anilines is 2. The number of ether oxygens (including phenoxy) is 1. The minimum Gasteiger partial charge on any atom is -0.479 e. The van der Waals surface area contributed by atoms with E-state index in [0.29, 0.717) is 17.1 Å². The van der Waals surface area contributed by atoms with E-state index < -0.39 is 16.1 Å². The summed E-state index contributed by atoms with van der Waals surface area (Å²) in [6.07, 6.45) is 1.31. The summed E-state index contributed by atoms with van der Waals surface area (Å²) in [7, 11) is -3.77. The summed E-state index contributed by atoms with van der Waals surface area (Å²) in [6.45, 7) is 1.63. The number of thioether (sulfide) groups is 1. The molecule has 0 saturated carbocycles. The Bertz CT molecular complexity index is 897. The number of nitrogens with one attached hydrogen (secondary N) is 2. The van der Waals surface area contributed by atoms with Gasteiger partial charge < -0.3 is 10.1 Å². The van der Waals surface area contributed by atoms with Crippen molar-refractivity contribution in [3.05, 3.63) is 42.5 Å². The molecule has 2 aromatic carbocycles. The molecule has 126 valence electrons. The highest BCUT2D eigenvalue weighted by Gasteiger charge is 2.25. The Morgan fingerprint density at radius 3 is 2.75 bits per heavy atom. The predicted octanol–water partition coefficient (Wildman–Crippen LogP) is 2.93. The molecule has 0 saturated heterocycles. The van der Waals surface area contributed by atoms with Crippen LogP contribution < -0.4 is 14.8 Å². The van der Waals surface area contributed by atoms with E-state index in [9.17, 15) is 13.2 Å². The molecule has 1 atom stereocenters. The van der Waals surface area contributed by atoms with Gasteiger partial charge in [0.15, 0.2) is 6.10 Å². The highest BCUT2D eigenvalue weighted by atomic mass is 32.2. The van der Waals surface area contributed by atoms with Crippen molar-refractivity contribution >= 4 is 39.1 Å². The summed E-state index contributed by atoms with van der Waals surface area (Å²) < 4.78 is 33.1. The molecule has 0 fully saturated rings. The third-order valence-corrected chi connectivity index (χ3v) is 5.62. The average Bonchev–Trinajstić information content (AvgIpc) is 2.55. The molecule has 1 amide bonds. The van der Waals surface area contributed by atoms with Gasteiger partial charge in [0, 0.05) is 10.6 Å². The number of carbonyl (C=O) groups is 1. The highest BCUT2D eigenvalue weighted by molar-refractivity contribution is 7.98. The maximum Gasteiger partial charge on any atom is 0.265 e. The fraction of sp³-hybridized carbons (Fsp3) is 0.188. The van der Waals surface area contributed by atoms with Gasteiger partial charge >= 0.3 is 0 Å². The molecule has 6 nitrogen and oxygen atoms in total. The van der Waals surface area contributed by atoms with Crippen molar-refractivity contribution in [2.24, 2.45) is 0 Å². The second-order valence-corrected chi connectivity index (χ2v) is 7.81. The van der Waals surface area contributed by atoms with Gasteiger partial charge in [0.25, 0.3) is 15.9 Å². The lowest BCUT2D eigenvalue weighted by Gasteiger charge is -2.23. The number of hydrogen-bond donors (Lipinski definition) is 2. The maximum absolute atomic E-state index is 12.6. The van der Waals surface area contributed by atoms with Gasteiger partial charge in [0.05, 0.1) is 10.6 Å². The monoisotopic (exact) mass is 364 g/mol. The van der Waals surface area contributed by atoms with Crippen LogP contribution >= 0.6 is 11.8 Å². The number of sulfonamides is 1. The maximum atomic E-state index is 12.6. The fourth-order valence-corrected chi connectivity index (χ4v) is 3.79. The standard InChI is InChI=1S/C16H16N2O4S2/c1-10-16(19)17-14-9-13(6-7-15(14)22-10)24(20,21)18-11-4-3-5-12(8-11)23-2/h3-10,18H,1-2H3,(H,17,19). The van der Waals surface area contributed by atoms with E-state index in [0.717, 1.165) is 4.90 Å². The normalized spacial score (nSPS) is 16.8. The van der Waals surface area contributed by atoms with Crippen LogP contribution in [0.25, 0.3) is 0 Å². The van der Waals surface area contributed by atoms with Crippen LogP contribution in [0.3, 0.4) is 0 Å². The van der Waals surface area contributed by atoms with Crippen LogP contribution in [-0.2, 0) is 14.8 Å². The second-order valence-electron chi connectivity index (χ2n) is 5.24. The summed E-state index contributed by atoms with van der Waals surface area (Å²) in [5, 5.41) is 2.64. The van der Waals surface area contributed by atoms with Crippen LogP contribution in [0, 0.1) is 0 Å². The topological polar surface area (TPSA) is 84.5 Å². The van der Waals surface area contributed by atoms with Gasteiger partial charge in [-0.3, -0.25) is 9.52 Å². The van der Waals surface area contributed by atoms with Crippen molar-refractivity contribution in [2.45, 2.75) is 22.8 Å². The van der Waals surface area contributed by atoms with Crippen molar-refractivity contribution < 1.29 is 17.9 Å². The van der Waals surface area contributed by atoms with Gasteiger partial charge in [-0.15, -0.1) is 11.8 Å². The molecule has 8 heteroatoms. The van der Waals surface area contributed by atoms with E-state index in [1.54, 1.807) is 25.1 Å². The molecular weight excluding hydrogens is 348 g/mol. The summed E-state index contributed by atoms with van der Waals surface area (Å²) >= 11 is 1.52. The first-order chi connectivity index (χ1) is 11.4. The highest BCUT2D eigenvalue weighted by Crippen LogP contribution is 2.32. The Labute approximate surface area is 144 Å². The number of carbonyl (C=O) groups excluding carboxylic acids is 1. The number of benzene rings is 2. The first kappa shape index (κ1) is 16.7. The van der Waals surface area contributed by atoms with Crippen LogP contribution in [-0.4, -0.2) is 26.7 Å². The van der Waals surface area contributed by atoms with Gasteiger partial charge in [-0.1, -0.05) is 6.07 Å². The molecule has 1 unspecified atom stereocenters. The van der Waals surface area contributed by atoms with Crippen molar-refractivity contribution in [3.63, 3.8) is 0 Å². The summed E-state index contributed by atoms with van der Waals surface area (Å²) in [5.41, 5.74) is 0.826. The molecule has 24 heavy (non-hydrogen) atoms. The Balaban J connectivity index is 1.90. The van der Waals surface area contributed by atoms with Gasteiger partial charge in [-0.25, -0.2) is 8.42 Å². The molecule has 1 heterocycles. The molecule has 0 radical (unpaired) electrons. The zero-order valence-electron chi connectivity index (χ0n) is 13.1. The van der Waals surface area contributed by atoms with Gasteiger partial charge in [-0.2, -0.15) is 0 Å². The largest absolute Gasteiger partial charge is 0.479 e. The molecule has 0 aromatic heterocycles. The fourth-order valence-electron chi connectivity index (χ4n) is 2.26. The zero-order valence-corrected chi connectivity index (χ0v) is 14.7. The number of amides is 1. The molecular formula is C16H16N2O4S2. The third kappa shape index (κ3) is 3.34. The molecule has 0 bridgehead atoms. The van der Waals surface area contributed by atoms with E-state index in [2.05, 4.69) is 10.0 Å². The van der Waals surface area contributed by atoms with E-state index in [1.807, 2.05) is 12.3 Å². The van der Waals surface area contributed by atoms with Crippen molar-refractivity contribution in [3.8, 4) is 5.75 Å². The SMILES string of the molecule is CSc1cccc(NS(=O)(=O)c2ccc3c(c2)NC(=O)C(C)O3)c1. The van der Waals surface area contributed by atoms with Crippen LogP contribution in [0.5, 0.6) is 5.75 Å². The lowest BCUT2D eigenvalue weighted by Crippen LogP contribution is -2.34. The molecule has 3 rings (SSSR count). The molecule has 2 N–H and O–H groups in total. The zero-order chi connectivity index (χ0) is 17.3. The number of hydrogen-bond acceptors (Lipinski definition) is 5. The van der Waals surface area contributed by atoms with Gasteiger partial charge in [-0.05, 0) is 49.6 Å². The Morgan fingerprint density at radius 2 is 2.00 bits per heavy atom. The molecule has 0 spiro atoms. The van der Waals surface area contributed by atoms with E-state index in [1.165, 1.54) is 30.0 Å². The molecule has 1 aliphatic heterocycles. The number of rotatable bonds is 4. The minimum absolute atomic E-state index is 0.0502. The van der Waals surface area contributed by atoms with Crippen molar-refractivity contribution in [1.82, 2.24) is 0 Å². The van der Waals surface area contributed by atoms with E-state index >= 15 is 0 Å². The predicted molar refractivity (Wildman–Crippen MR) is 94.2 cm³/mol. The Morgan fingerprint density at radius 1 is 1.21 bits per heavy atom. The lowest BCUT2D eigenvalue weighted by molar-refractivity contribution is -0.122. The van der Waals surface area contributed by atoms with Crippen molar-refractivity contribution in [1.29, 1.82) is 0 Å². The summed E-state index contributed by atoms with van der Waals surface area (Å²) in [5.74, 6) is 0.142. The Hall–Kier alpha value is -2.19. The quantitative estimate of drug-likeness (QED) is 0.815. The molecule has 2 aromatic rings. The summed E-state index contributed by atoms with van der Waals surface area (Å²) in [4.78, 5) is 12.7. The second kappa shape index (κ2) is 6.37. The molecule has 0 aliphatic carbocycles. The van der Waals surface area contributed by atoms with Crippen LogP contribution in [0.15, 0.2) is 52.3 Å². The van der Waals surface area contributed by atoms with Crippen LogP contribution in [0.1, 0.15) is 6.92 Å². The average molecular weight is 364 g/mol. The third-order valence-electron chi connectivity index (χ3n) is 3.51. The smallest absolute Gasteiger partial charge is 0.265 e. The van der Waals surface area contributed by atoms with Gasteiger partial charge in [0.2, 0.25) is 0 Å². The Kier molecular flexibility index (Phi) is 4.42. The lowest BCUT2D eigenvalue weighted by atomic mass is 10.2. The van der Waals surface area contributed by atoms with Gasteiger partial charge in [0.1, 0.15) is 5.75 Å². The van der Waals surface area contributed by atoms with E-state index in [-0.39, 0.29) is 10.8 Å². The van der Waals surface area contributed by atoms with Crippen LogP contribution in [0.4, 0.5) is 11.4 Å². The van der Waals surface area contributed by atoms with Crippen molar-refractivity contribution in [2.75, 3.05) is 16.3 Å². The first-order valence-corrected chi connectivity index (χ1v) is 9.88. The van der Waals surface area contributed by atoms with E-state index in [4.69, 9.17) is 4.74 Å². The summed E-state index contributed by atoms with van der Waals surface area (Å²) in [6, 6.07) is 11.5. The minimum atomic E-state index is -3.77.